The molecule has 1 aliphatic rings. The fraction of sp³-hybridized carbons (Fsp3) is 0.625. The maximum atomic E-state index is 10.00. The third-order valence-electron chi connectivity index (χ3n) is 3.94. The summed E-state index contributed by atoms with van der Waals surface area (Å²) in [5.41, 5.74) is 2.26. The van der Waals surface area contributed by atoms with Crippen LogP contribution < -0.4 is 0 Å². The largest absolute Gasteiger partial charge is 0.386 e. The molecule has 0 aromatic heterocycles. The third kappa shape index (κ3) is 3.82. The van der Waals surface area contributed by atoms with Crippen molar-refractivity contribution in [1.82, 2.24) is 0 Å². The van der Waals surface area contributed by atoms with Gasteiger partial charge in [-0.05, 0) is 29.9 Å². The van der Waals surface area contributed by atoms with Crippen LogP contribution in [0.25, 0.3) is 0 Å². The van der Waals surface area contributed by atoms with Gasteiger partial charge in [0, 0.05) is 6.61 Å². The van der Waals surface area contributed by atoms with Crippen molar-refractivity contribution < 1.29 is 9.84 Å². The standard InChI is InChI=1S/C16H24O2/c1-2-13-6-8-15(9-7-13)16(17)12-18-11-10-14-4-3-5-14/h6-9,14,16-17H,2-5,10-12H2,1H3. The molecular formula is C16H24O2. The third-order valence-corrected chi connectivity index (χ3v) is 3.94. The van der Waals surface area contributed by atoms with Gasteiger partial charge in [-0.15, -0.1) is 0 Å². The topological polar surface area (TPSA) is 29.5 Å². The van der Waals surface area contributed by atoms with Crippen molar-refractivity contribution in [3.05, 3.63) is 35.4 Å². The molecule has 0 amide bonds. The van der Waals surface area contributed by atoms with E-state index in [0.29, 0.717) is 6.61 Å². The molecule has 0 saturated heterocycles. The van der Waals surface area contributed by atoms with E-state index in [-0.39, 0.29) is 0 Å². The summed E-state index contributed by atoms with van der Waals surface area (Å²) in [5, 5.41) is 10.00. The van der Waals surface area contributed by atoms with Crippen molar-refractivity contribution in [2.45, 2.75) is 45.1 Å². The van der Waals surface area contributed by atoms with Gasteiger partial charge in [0.05, 0.1) is 6.61 Å². The van der Waals surface area contributed by atoms with Crippen LogP contribution in [0, 0.1) is 5.92 Å². The summed E-state index contributed by atoms with van der Waals surface area (Å²) in [5.74, 6) is 0.881. The average Bonchev–Trinajstić information content (AvgIpc) is 2.36. The van der Waals surface area contributed by atoms with Crippen molar-refractivity contribution in [3.63, 3.8) is 0 Å². The summed E-state index contributed by atoms with van der Waals surface area (Å²) in [6.45, 7) is 3.34. The number of benzene rings is 1. The zero-order valence-corrected chi connectivity index (χ0v) is 11.3. The fourth-order valence-electron chi connectivity index (χ4n) is 2.30. The van der Waals surface area contributed by atoms with Gasteiger partial charge in [-0.2, -0.15) is 0 Å². The maximum absolute atomic E-state index is 10.00. The van der Waals surface area contributed by atoms with E-state index in [4.69, 9.17) is 4.74 Å². The minimum absolute atomic E-state index is 0.415. The Hall–Kier alpha value is -0.860. The van der Waals surface area contributed by atoms with Gasteiger partial charge in [0.25, 0.3) is 0 Å². The van der Waals surface area contributed by atoms with Crippen LogP contribution >= 0.6 is 0 Å². The predicted octanol–water partition coefficient (Wildman–Crippen LogP) is 3.49. The first kappa shape index (κ1) is 13.6. The summed E-state index contributed by atoms with van der Waals surface area (Å²) in [6.07, 6.45) is 5.82. The number of aryl methyl sites for hydroxylation is 1. The summed E-state index contributed by atoms with van der Waals surface area (Å²) in [7, 11) is 0. The monoisotopic (exact) mass is 248 g/mol. The van der Waals surface area contributed by atoms with E-state index in [0.717, 1.165) is 30.9 Å². The molecule has 0 aliphatic heterocycles. The highest BCUT2D eigenvalue weighted by Crippen LogP contribution is 2.29. The highest BCUT2D eigenvalue weighted by Gasteiger charge is 2.17. The molecule has 0 spiro atoms. The van der Waals surface area contributed by atoms with Crippen LogP contribution in [0.15, 0.2) is 24.3 Å². The fourth-order valence-corrected chi connectivity index (χ4v) is 2.30. The molecule has 18 heavy (non-hydrogen) atoms. The quantitative estimate of drug-likeness (QED) is 0.748. The van der Waals surface area contributed by atoms with E-state index >= 15 is 0 Å². The Bertz CT molecular complexity index is 341. The van der Waals surface area contributed by atoms with Gasteiger partial charge in [0.1, 0.15) is 6.10 Å². The van der Waals surface area contributed by atoms with E-state index < -0.39 is 6.10 Å². The smallest absolute Gasteiger partial charge is 0.102 e. The molecule has 1 atom stereocenters. The minimum Gasteiger partial charge on any atom is -0.386 e. The Labute approximate surface area is 110 Å². The molecule has 1 saturated carbocycles. The molecule has 2 nitrogen and oxygen atoms in total. The first-order chi connectivity index (χ1) is 8.79. The van der Waals surface area contributed by atoms with Gasteiger partial charge in [0.2, 0.25) is 0 Å². The number of aliphatic hydroxyl groups excluding tert-OH is 1. The summed E-state index contributed by atoms with van der Waals surface area (Å²) in [6, 6.07) is 8.15. The summed E-state index contributed by atoms with van der Waals surface area (Å²) < 4.78 is 5.56. The molecule has 2 heteroatoms. The van der Waals surface area contributed by atoms with Crippen molar-refractivity contribution in [3.8, 4) is 0 Å². The summed E-state index contributed by atoms with van der Waals surface area (Å²) >= 11 is 0. The van der Waals surface area contributed by atoms with E-state index in [1.165, 1.54) is 24.8 Å². The molecule has 100 valence electrons. The van der Waals surface area contributed by atoms with Gasteiger partial charge in [-0.3, -0.25) is 0 Å². The number of hydrogen-bond donors (Lipinski definition) is 1. The molecule has 0 bridgehead atoms. The van der Waals surface area contributed by atoms with Crippen molar-refractivity contribution in [1.29, 1.82) is 0 Å². The molecule has 1 unspecified atom stereocenters. The molecule has 1 N–H and O–H groups in total. The zero-order chi connectivity index (χ0) is 12.8. The first-order valence-electron chi connectivity index (χ1n) is 7.14. The maximum Gasteiger partial charge on any atom is 0.102 e. The Morgan fingerprint density at radius 3 is 2.56 bits per heavy atom. The predicted molar refractivity (Wildman–Crippen MR) is 73.6 cm³/mol. The second-order valence-electron chi connectivity index (χ2n) is 5.27. The lowest BCUT2D eigenvalue weighted by Crippen LogP contribution is -2.15. The van der Waals surface area contributed by atoms with Crippen molar-refractivity contribution >= 4 is 0 Å². The Morgan fingerprint density at radius 2 is 2.00 bits per heavy atom. The zero-order valence-electron chi connectivity index (χ0n) is 11.3. The molecule has 0 radical (unpaired) electrons. The molecule has 1 fully saturated rings. The van der Waals surface area contributed by atoms with Crippen molar-refractivity contribution in [2.75, 3.05) is 13.2 Å². The molecule has 1 aromatic carbocycles. The van der Waals surface area contributed by atoms with Crippen LogP contribution in [0.1, 0.15) is 49.8 Å². The number of aliphatic hydroxyl groups is 1. The normalized spacial score (nSPS) is 17.4. The van der Waals surface area contributed by atoms with Gasteiger partial charge < -0.3 is 9.84 Å². The molecule has 1 aromatic rings. The van der Waals surface area contributed by atoms with E-state index in [9.17, 15) is 5.11 Å². The van der Waals surface area contributed by atoms with E-state index in [1.807, 2.05) is 12.1 Å². The van der Waals surface area contributed by atoms with Crippen LogP contribution in [0.5, 0.6) is 0 Å². The van der Waals surface area contributed by atoms with Crippen LogP contribution in [0.4, 0.5) is 0 Å². The van der Waals surface area contributed by atoms with E-state index in [1.54, 1.807) is 0 Å². The van der Waals surface area contributed by atoms with Crippen LogP contribution in [-0.2, 0) is 11.2 Å². The average molecular weight is 248 g/mol. The molecule has 2 rings (SSSR count). The van der Waals surface area contributed by atoms with Gasteiger partial charge >= 0.3 is 0 Å². The Balaban J connectivity index is 1.67. The SMILES string of the molecule is CCc1ccc(C(O)COCCC2CCC2)cc1. The van der Waals surface area contributed by atoms with Crippen LogP contribution in [0.3, 0.4) is 0 Å². The molecular weight excluding hydrogens is 224 g/mol. The Morgan fingerprint density at radius 1 is 1.28 bits per heavy atom. The van der Waals surface area contributed by atoms with Crippen LogP contribution in [-0.4, -0.2) is 18.3 Å². The number of rotatable bonds is 7. The Kier molecular flexibility index (Phi) is 5.21. The number of hydrogen-bond acceptors (Lipinski definition) is 2. The highest BCUT2D eigenvalue weighted by molar-refractivity contribution is 5.24. The molecule has 0 heterocycles. The van der Waals surface area contributed by atoms with Gasteiger partial charge in [-0.1, -0.05) is 50.5 Å². The lowest BCUT2D eigenvalue weighted by atomic mass is 9.83. The van der Waals surface area contributed by atoms with E-state index in [2.05, 4.69) is 19.1 Å². The number of ether oxygens (including phenoxy) is 1. The van der Waals surface area contributed by atoms with Crippen molar-refractivity contribution in [2.24, 2.45) is 5.92 Å². The summed E-state index contributed by atoms with van der Waals surface area (Å²) in [4.78, 5) is 0. The van der Waals surface area contributed by atoms with Gasteiger partial charge in [0.15, 0.2) is 0 Å². The lowest BCUT2D eigenvalue weighted by Gasteiger charge is -2.25. The molecule has 1 aliphatic carbocycles. The highest BCUT2D eigenvalue weighted by atomic mass is 16.5. The lowest BCUT2D eigenvalue weighted by molar-refractivity contribution is 0.0266. The second kappa shape index (κ2) is 6.91. The second-order valence-corrected chi connectivity index (χ2v) is 5.27. The first-order valence-corrected chi connectivity index (χ1v) is 7.14. The van der Waals surface area contributed by atoms with Gasteiger partial charge in [-0.25, -0.2) is 0 Å². The minimum atomic E-state index is -0.489. The van der Waals surface area contributed by atoms with Crippen LogP contribution in [0.2, 0.25) is 0 Å².